The summed E-state index contributed by atoms with van der Waals surface area (Å²) in [5.41, 5.74) is 0.996. The third-order valence-electron chi connectivity index (χ3n) is 2.87. The first kappa shape index (κ1) is 14.9. The number of hydrogen-bond donors (Lipinski definition) is 1. The smallest absolute Gasteiger partial charge is 0.133 e. The Morgan fingerprint density at radius 2 is 1.89 bits per heavy atom. The number of aryl methyl sites for hydroxylation is 1. The number of ether oxygens (including phenoxy) is 1. The Kier molecular flexibility index (Phi) is 5.54. The lowest BCUT2D eigenvalue weighted by Gasteiger charge is -2.22. The summed E-state index contributed by atoms with van der Waals surface area (Å²) in [7, 11) is 1.72. The molecule has 0 saturated heterocycles. The molecule has 1 unspecified atom stereocenters. The maximum Gasteiger partial charge on any atom is 0.133 e. The molecule has 1 aromatic rings. The molecule has 0 aromatic carbocycles. The van der Waals surface area contributed by atoms with Gasteiger partial charge in [-0.15, -0.1) is 0 Å². The van der Waals surface area contributed by atoms with Gasteiger partial charge in [-0.1, -0.05) is 27.7 Å². The topological polar surface area (TPSA) is 47.0 Å². The molecule has 102 valence electrons. The van der Waals surface area contributed by atoms with Crippen LogP contribution < -0.4 is 5.32 Å². The molecular weight excluding hydrogens is 226 g/mol. The van der Waals surface area contributed by atoms with Crippen LogP contribution in [0.1, 0.15) is 45.1 Å². The molecule has 1 N–H and O–H groups in total. The highest BCUT2D eigenvalue weighted by atomic mass is 16.5. The minimum absolute atomic E-state index is 0.268. The maximum atomic E-state index is 5.24. The zero-order valence-corrected chi connectivity index (χ0v) is 12.3. The number of methoxy groups -OCH3 is 1. The number of rotatable bonds is 6. The van der Waals surface area contributed by atoms with E-state index in [1.165, 1.54) is 0 Å². The average molecular weight is 251 g/mol. The van der Waals surface area contributed by atoms with Crippen LogP contribution in [0.3, 0.4) is 0 Å². The second kappa shape index (κ2) is 6.69. The van der Waals surface area contributed by atoms with E-state index >= 15 is 0 Å². The third-order valence-corrected chi connectivity index (χ3v) is 2.87. The van der Waals surface area contributed by atoms with E-state index < -0.39 is 0 Å². The lowest BCUT2D eigenvalue weighted by Crippen LogP contribution is -2.31. The van der Waals surface area contributed by atoms with Crippen molar-refractivity contribution < 1.29 is 4.74 Å². The van der Waals surface area contributed by atoms with Gasteiger partial charge in [0, 0.05) is 24.8 Å². The van der Waals surface area contributed by atoms with Crippen LogP contribution in [0.4, 0.5) is 5.82 Å². The number of nitrogens with zero attached hydrogens (tertiary/aromatic N) is 2. The van der Waals surface area contributed by atoms with Crippen LogP contribution in [-0.2, 0) is 4.74 Å². The van der Waals surface area contributed by atoms with Crippen molar-refractivity contribution in [2.45, 2.75) is 46.6 Å². The molecule has 1 atom stereocenters. The highest BCUT2D eigenvalue weighted by molar-refractivity contribution is 5.37. The van der Waals surface area contributed by atoms with Crippen LogP contribution in [0.15, 0.2) is 6.07 Å². The highest BCUT2D eigenvalue weighted by Gasteiger charge is 2.14. The van der Waals surface area contributed by atoms with Crippen molar-refractivity contribution in [1.29, 1.82) is 0 Å². The van der Waals surface area contributed by atoms with Crippen LogP contribution in [0, 0.1) is 12.8 Å². The summed E-state index contributed by atoms with van der Waals surface area (Å²) in [6.45, 7) is 11.2. The minimum Gasteiger partial charge on any atom is -0.383 e. The van der Waals surface area contributed by atoms with Crippen molar-refractivity contribution in [2.75, 3.05) is 19.0 Å². The molecule has 0 amide bonds. The zero-order valence-electron chi connectivity index (χ0n) is 12.3. The number of aromatic nitrogens is 2. The van der Waals surface area contributed by atoms with Crippen LogP contribution in [-0.4, -0.2) is 29.7 Å². The summed E-state index contributed by atoms with van der Waals surface area (Å²) < 4.78 is 5.24. The largest absolute Gasteiger partial charge is 0.383 e. The van der Waals surface area contributed by atoms with E-state index in [2.05, 4.69) is 43.0 Å². The molecule has 0 saturated carbocycles. The van der Waals surface area contributed by atoms with Crippen LogP contribution in [0.5, 0.6) is 0 Å². The molecule has 1 rings (SSSR count). The molecule has 4 nitrogen and oxygen atoms in total. The van der Waals surface area contributed by atoms with Gasteiger partial charge in [-0.25, -0.2) is 9.97 Å². The SMILES string of the molecule is COCC(Nc1cc(C)nc(C(C)C)n1)C(C)C. The Morgan fingerprint density at radius 3 is 2.39 bits per heavy atom. The summed E-state index contributed by atoms with van der Waals surface area (Å²) in [5, 5.41) is 3.44. The lowest BCUT2D eigenvalue weighted by molar-refractivity contribution is 0.171. The normalized spacial score (nSPS) is 13.1. The van der Waals surface area contributed by atoms with Crippen molar-refractivity contribution in [1.82, 2.24) is 9.97 Å². The predicted octanol–water partition coefficient (Wildman–Crippen LogP) is 2.99. The molecule has 0 radical (unpaired) electrons. The van der Waals surface area contributed by atoms with Gasteiger partial charge in [0.2, 0.25) is 0 Å². The van der Waals surface area contributed by atoms with Gasteiger partial charge in [0.15, 0.2) is 0 Å². The molecule has 0 aliphatic carbocycles. The lowest BCUT2D eigenvalue weighted by atomic mass is 10.1. The fourth-order valence-corrected chi connectivity index (χ4v) is 1.69. The van der Waals surface area contributed by atoms with Gasteiger partial charge < -0.3 is 10.1 Å². The van der Waals surface area contributed by atoms with E-state index in [-0.39, 0.29) is 6.04 Å². The van der Waals surface area contributed by atoms with Gasteiger partial charge in [0.25, 0.3) is 0 Å². The van der Waals surface area contributed by atoms with E-state index in [9.17, 15) is 0 Å². The average Bonchev–Trinajstić information content (AvgIpc) is 2.27. The van der Waals surface area contributed by atoms with Crippen LogP contribution >= 0.6 is 0 Å². The van der Waals surface area contributed by atoms with Crippen molar-refractivity contribution in [2.24, 2.45) is 5.92 Å². The number of hydrogen-bond acceptors (Lipinski definition) is 4. The molecular formula is C14H25N3O. The van der Waals surface area contributed by atoms with E-state index in [4.69, 9.17) is 4.74 Å². The van der Waals surface area contributed by atoms with Crippen molar-refractivity contribution in [3.63, 3.8) is 0 Å². The van der Waals surface area contributed by atoms with E-state index in [0.717, 1.165) is 17.3 Å². The number of nitrogens with one attached hydrogen (secondary N) is 1. The van der Waals surface area contributed by atoms with Gasteiger partial charge in [-0.2, -0.15) is 0 Å². The molecule has 0 fully saturated rings. The van der Waals surface area contributed by atoms with Gasteiger partial charge in [-0.05, 0) is 12.8 Å². The zero-order chi connectivity index (χ0) is 13.7. The quantitative estimate of drug-likeness (QED) is 0.844. The summed E-state index contributed by atoms with van der Waals surface area (Å²) in [5.74, 6) is 2.60. The molecule has 0 aliphatic rings. The minimum atomic E-state index is 0.268. The molecule has 0 bridgehead atoms. The van der Waals surface area contributed by atoms with E-state index in [0.29, 0.717) is 18.4 Å². The second-order valence-corrected chi connectivity index (χ2v) is 5.36. The molecule has 1 aromatic heterocycles. The summed E-state index contributed by atoms with van der Waals surface area (Å²) in [6, 6.07) is 2.25. The standard InChI is InChI=1S/C14H25N3O/c1-9(2)12(8-18-6)16-13-7-11(5)15-14(17-13)10(3)4/h7,9-10,12H,8H2,1-6H3,(H,15,16,17). The number of anilines is 1. The van der Waals surface area contributed by atoms with Gasteiger partial charge in [0.1, 0.15) is 11.6 Å². The fourth-order valence-electron chi connectivity index (χ4n) is 1.69. The maximum absolute atomic E-state index is 5.24. The summed E-state index contributed by atoms with van der Waals surface area (Å²) in [6.07, 6.45) is 0. The predicted molar refractivity (Wildman–Crippen MR) is 75.0 cm³/mol. The molecule has 1 heterocycles. The Hall–Kier alpha value is -1.16. The Morgan fingerprint density at radius 1 is 1.22 bits per heavy atom. The Balaban J connectivity index is 2.88. The first-order valence-corrected chi connectivity index (χ1v) is 6.55. The Bertz CT molecular complexity index is 377. The van der Waals surface area contributed by atoms with Crippen molar-refractivity contribution >= 4 is 5.82 Å². The summed E-state index contributed by atoms with van der Waals surface area (Å²) in [4.78, 5) is 9.01. The van der Waals surface area contributed by atoms with Crippen LogP contribution in [0.2, 0.25) is 0 Å². The van der Waals surface area contributed by atoms with Crippen molar-refractivity contribution in [3.8, 4) is 0 Å². The molecule has 18 heavy (non-hydrogen) atoms. The molecule has 4 heteroatoms. The van der Waals surface area contributed by atoms with E-state index in [1.807, 2.05) is 13.0 Å². The molecule has 0 aliphatic heterocycles. The van der Waals surface area contributed by atoms with Crippen LogP contribution in [0.25, 0.3) is 0 Å². The summed E-state index contributed by atoms with van der Waals surface area (Å²) >= 11 is 0. The van der Waals surface area contributed by atoms with Gasteiger partial charge in [-0.3, -0.25) is 0 Å². The monoisotopic (exact) mass is 251 g/mol. The highest BCUT2D eigenvalue weighted by Crippen LogP contribution is 2.16. The second-order valence-electron chi connectivity index (χ2n) is 5.36. The Labute approximate surface area is 110 Å². The van der Waals surface area contributed by atoms with Gasteiger partial charge >= 0.3 is 0 Å². The third kappa shape index (κ3) is 4.26. The van der Waals surface area contributed by atoms with Gasteiger partial charge in [0.05, 0.1) is 12.6 Å². The first-order valence-electron chi connectivity index (χ1n) is 6.55. The first-order chi connectivity index (χ1) is 8.43. The van der Waals surface area contributed by atoms with Crippen molar-refractivity contribution in [3.05, 3.63) is 17.6 Å². The molecule has 0 spiro atoms. The fraction of sp³-hybridized carbons (Fsp3) is 0.714. The van der Waals surface area contributed by atoms with E-state index in [1.54, 1.807) is 7.11 Å².